The molecule has 1 aromatic heterocycles. The summed E-state index contributed by atoms with van der Waals surface area (Å²) >= 11 is 0. The molecule has 0 saturated heterocycles. The van der Waals surface area contributed by atoms with Gasteiger partial charge in [0.15, 0.2) is 0 Å². The number of anilines is 3. The van der Waals surface area contributed by atoms with E-state index < -0.39 is 16.0 Å². The molecule has 1 aliphatic heterocycles. The lowest BCUT2D eigenvalue weighted by Gasteiger charge is -2.13. The number of aromatic nitrogens is 2. The first-order valence-corrected chi connectivity index (χ1v) is 11.7. The molecule has 0 fully saturated rings. The minimum atomic E-state index is -3.60. The van der Waals surface area contributed by atoms with Crippen molar-refractivity contribution in [2.75, 3.05) is 23.7 Å². The van der Waals surface area contributed by atoms with Crippen molar-refractivity contribution in [3.63, 3.8) is 0 Å². The number of carboxylic acid groups (broad SMARTS) is 1. The summed E-state index contributed by atoms with van der Waals surface area (Å²) in [6, 6.07) is 14.1. The number of rotatable bonds is 4. The van der Waals surface area contributed by atoms with Crippen LogP contribution in [0.3, 0.4) is 0 Å². The van der Waals surface area contributed by atoms with E-state index in [0.29, 0.717) is 43.4 Å². The number of carboxylic acids is 1. The van der Waals surface area contributed by atoms with Gasteiger partial charge in [0.05, 0.1) is 4.90 Å². The molecule has 0 unspecified atom stereocenters. The number of hydrogen-bond acceptors (Lipinski definition) is 7. The Hall–Kier alpha value is -3.50. The third-order valence-corrected chi connectivity index (χ3v) is 6.48. The van der Waals surface area contributed by atoms with Gasteiger partial charge in [0.25, 0.3) is 0 Å². The molecule has 0 spiro atoms. The highest BCUT2D eigenvalue weighted by Crippen LogP contribution is 2.28. The molecule has 0 amide bonds. The van der Waals surface area contributed by atoms with Gasteiger partial charge in [-0.05, 0) is 42.2 Å². The van der Waals surface area contributed by atoms with E-state index in [1.54, 1.807) is 30.5 Å². The van der Waals surface area contributed by atoms with Gasteiger partial charge in [-0.3, -0.25) is 4.79 Å². The number of aryl methyl sites for hydroxylation is 1. The highest BCUT2D eigenvalue weighted by atomic mass is 32.2. The molecule has 9 nitrogen and oxygen atoms in total. The zero-order chi connectivity index (χ0) is 22.6. The minimum Gasteiger partial charge on any atom is -0.481 e. The molecule has 4 N–H and O–H groups in total. The van der Waals surface area contributed by atoms with Crippen LogP contribution in [0.25, 0.3) is 11.1 Å². The monoisotopic (exact) mass is 453 g/mol. The molecular weight excluding hydrogens is 430 g/mol. The lowest BCUT2D eigenvalue weighted by Crippen LogP contribution is -2.26. The second-order valence-electron chi connectivity index (χ2n) is 7.38. The highest BCUT2D eigenvalue weighted by molar-refractivity contribution is 7.89. The van der Waals surface area contributed by atoms with Crippen LogP contribution in [0.2, 0.25) is 0 Å². The molecular formula is C22H23N5O4S. The molecule has 0 atom stereocenters. The van der Waals surface area contributed by atoms with Gasteiger partial charge in [-0.25, -0.2) is 18.1 Å². The maximum Gasteiger partial charge on any atom is 0.303 e. The van der Waals surface area contributed by atoms with Crippen molar-refractivity contribution in [3.05, 3.63) is 60.3 Å². The van der Waals surface area contributed by atoms with E-state index in [4.69, 9.17) is 5.11 Å². The summed E-state index contributed by atoms with van der Waals surface area (Å²) in [7, 11) is -3.60. The largest absolute Gasteiger partial charge is 0.481 e. The molecule has 0 saturated carbocycles. The quantitative estimate of drug-likeness (QED) is 0.474. The molecule has 32 heavy (non-hydrogen) atoms. The first-order chi connectivity index (χ1) is 15.4. The maximum atomic E-state index is 12.5. The summed E-state index contributed by atoms with van der Waals surface area (Å²) in [5, 5.41) is 15.2. The van der Waals surface area contributed by atoms with E-state index >= 15 is 0 Å². The van der Waals surface area contributed by atoms with Crippen molar-refractivity contribution < 1.29 is 18.3 Å². The molecule has 2 aromatic carbocycles. The fourth-order valence-electron chi connectivity index (χ4n) is 3.35. The summed E-state index contributed by atoms with van der Waals surface area (Å²) in [4.78, 5) is 20.0. The first kappa shape index (κ1) is 21.7. The molecule has 4 bridgehead atoms. The fraction of sp³-hybridized carbons (Fsp3) is 0.227. The predicted molar refractivity (Wildman–Crippen MR) is 121 cm³/mol. The fourth-order valence-corrected chi connectivity index (χ4v) is 4.47. The summed E-state index contributed by atoms with van der Waals surface area (Å²) in [5.74, 6) is 0.143. The van der Waals surface area contributed by atoms with Crippen molar-refractivity contribution in [3.8, 4) is 11.1 Å². The van der Waals surface area contributed by atoms with Crippen molar-refractivity contribution in [1.29, 1.82) is 0 Å². The van der Waals surface area contributed by atoms with Gasteiger partial charge in [-0.15, -0.1) is 0 Å². The van der Waals surface area contributed by atoms with Gasteiger partial charge in [0, 0.05) is 37.0 Å². The second kappa shape index (κ2) is 9.33. The van der Waals surface area contributed by atoms with Crippen LogP contribution >= 0.6 is 0 Å². The van der Waals surface area contributed by atoms with E-state index in [0.717, 1.165) is 16.7 Å². The summed E-state index contributed by atoms with van der Waals surface area (Å²) in [5.41, 5.74) is 3.19. The average molecular weight is 454 g/mol. The second-order valence-corrected chi connectivity index (χ2v) is 9.14. The lowest BCUT2D eigenvalue weighted by atomic mass is 10.0. The van der Waals surface area contributed by atoms with Crippen molar-refractivity contribution in [2.45, 2.75) is 24.2 Å². The number of nitrogens with zero attached hydrogens (tertiary/aromatic N) is 2. The topological polar surface area (TPSA) is 133 Å². The normalized spacial score (nSPS) is 15.2. The average Bonchev–Trinajstić information content (AvgIpc) is 2.78. The number of sulfonamides is 1. The molecule has 10 heteroatoms. The standard InChI is InChI=1S/C22H23N5O4S/c28-20(29)10-7-15-5-8-16(9-6-15)19-14-24-22-26-17-3-1-4-18(13-17)32(30,31)25-12-2-11-23-21(19)27-22/h1,3-6,8-9,13-14,25H,2,7,10-12H2,(H,28,29)(H2,23,24,26,27). The predicted octanol–water partition coefficient (Wildman–Crippen LogP) is 3.00. The lowest BCUT2D eigenvalue weighted by molar-refractivity contribution is -0.136. The Kier molecular flexibility index (Phi) is 6.33. The van der Waals surface area contributed by atoms with Crippen molar-refractivity contribution in [2.24, 2.45) is 0 Å². The summed E-state index contributed by atoms with van der Waals surface area (Å²) < 4.78 is 27.6. The van der Waals surface area contributed by atoms with E-state index in [1.165, 1.54) is 0 Å². The van der Waals surface area contributed by atoms with Crippen LogP contribution in [0, 0.1) is 0 Å². The molecule has 166 valence electrons. The van der Waals surface area contributed by atoms with Crippen molar-refractivity contribution >= 4 is 33.4 Å². The Morgan fingerprint density at radius 3 is 2.69 bits per heavy atom. The van der Waals surface area contributed by atoms with E-state index in [9.17, 15) is 13.2 Å². The molecule has 2 heterocycles. The number of hydrogen-bond donors (Lipinski definition) is 4. The third-order valence-electron chi connectivity index (χ3n) is 5.02. The van der Waals surface area contributed by atoms with Gasteiger partial charge in [0.1, 0.15) is 5.82 Å². The van der Waals surface area contributed by atoms with E-state index in [2.05, 4.69) is 25.3 Å². The van der Waals surface area contributed by atoms with Crippen LogP contribution in [0.4, 0.5) is 17.5 Å². The van der Waals surface area contributed by atoms with Crippen LogP contribution in [0.5, 0.6) is 0 Å². The van der Waals surface area contributed by atoms with Crippen LogP contribution in [-0.4, -0.2) is 42.6 Å². The Morgan fingerprint density at radius 2 is 1.91 bits per heavy atom. The molecule has 0 radical (unpaired) electrons. The van der Waals surface area contributed by atoms with Crippen LogP contribution in [0.1, 0.15) is 18.4 Å². The van der Waals surface area contributed by atoms with Gasteiger partial charge >= 0.3 is 5.97 Å². The molecule has 3 aromatic rings. The van der Waals surface area contributed by atoms with Crippen LogP contribution in [0.15, 0.2) is 59.6 Å². The number of nitrogens with one attached hydrogen (secondary N) is 3. The number of aliphatic carboxylic acids is 1. The Bertz CT molecular complexity index is 1230. The van der Waals surface area contributed by atoms with Gasteiger partial charge in [-0.1, -0.05) is 30.3 Å². The van der Waals surface area contributed by atoms with E-state index in [1.807, 2.05) is 24.3 Å². The smallest absolute Gasteiger partial charge is 0.303 e. The summed E-state index contributed by atoms with van der Waals surface area (Å²) in [6.07, 6.45) is 2.83. The van der Waals surface area contributed by atoms with Gasteiger partial charge in [0.2, 0.25) is 16.0 Å². The Morgan fingerprint density at radius 1 is 1.09 bits per heavy atom. The SMILES string of the molecule is O=C(O)CCc1ccc(-c2cnc3nc2NCCCNS(=O)(=O)c2cccc(c2)N3)cc1. The minimum absolute atomic E-state index is 0.0839. The molecule has 4 rings (SSSR count). The van der Waals surface area contributed by atoms with Gasteiger partial charge < -0.3 is 15.7 Å². The summed E-state index contributed by atoms with van der Waals surface area (Å²) in [6.45, 7) is 0.804. The first-order valence-electron chi connectivity index (χ1n) is 10.2. The number of fused-ring (bicyclic) bond motifs is 4. The van der Waals surface area contributed by atoms with Crippen molar-refractivity contribution in [1.82, 2.24) is 14.7 Å². The zero-order valence-electron chi connectivity index (χ0n) is 17.2. The molecule has 0 aliphatic carbocycles. The Labute approximate surface area is 186 Å². The highest BCUT2D eigenvalue weighted by Gasteiger charge is 2.16. The zero-order valence-corrected chi connectivity index (χ0v) is 18.0. The number of benzene rings is 2. The third kappa shape index (κ3) is 5.21. The number of carbonyl (C=O) groups is 1. The Balaban J connectivity index is 1.64. The molecule has 1 aliphatic rings. The van der Waals surface area contributed by atoms with Crippen LogP contribution < -0.4 is 15.4 Å². The van der Waals surface area contributed by atoms with E-state index in [-0.39, 0.29) is 11.3 Å². The van der Waals surface area contributed by atoms with Crippen LogP contribution in [-0.2, 0) is 21.2 Å². The maximum absolute atomic E-state index is 12.5. The van der Waals surface area contributed by atoms with Gasteiger partial charge in [-0.2, -0.15) is 4.98 Å².